The number of hydrogen-bond donors (Lipinski definition) is 3. The molecule has 1 fully saturated rings. The van der Waals surface area contributed by atoms with E-state index in [9.17, 15) is 9.59 Å². The van der Waals surface area contributed by atoms with Crippen molar-refractivity contribution in [3.05, 3.63) is 82.7 Å². The molecule has 8 nitrogen and oxygen atoms in total. The van der Waals surface area contributed by atoms with E-state index in [2.05, 4.69) is 36.1 Å². The lowest BCUT2D eigenvalue weighted by Crippen LogP contribution is -2.29. The number of carbonyl (C=O) groups excluding carboxylic acids is 2. The Kier molecular flexibility index (Phi) is 5.94. The van der Waals surface area contributed by atoms with E-state index < -0.39 is 5.41 Å². The van der Waals surface area contributed by atoms with Crippen LogP contribution in [0, 0.1) is 0 Å². The number of urea groups is 1. The average molecular weight is 534 g/mol. The normalized spacial score (nSPS) is 13.9. The molecule has 1 saturated carbocycles. The Morgan fingerprint density at radius 1 is 1.11 bits per heavy atom. The number of amides is 3. The molecular formula is C26H24BrN5O3. The molecule has 2 aromatic heterocycles. The minimum atomic E-state index is -0.615. The van der Waals surface area contributed by atoms with Gasteiger partial charge in [0.25, 0.3) is 0 Å². The Morgan fingerprint density at radius 3 is 2.66 bits per heavy atom. The van der Waals surface area contributed by atoms with Crippen molar-refractivity contribution in [1.29, 1.82) is 0 Å². The van der Waals surface area contributed by atoms with E-state index in [4.69, 9.17) is 10.5 Å². The highest BCUT2D eigenvalue weighted by molar-refractivity contribution is 9.10. The van der Waals surface area contributed by atoms with Gasteiger partial charge in [0.15, 0.2) is 0 Å². The predicted molar refractivity (Wildman–Crippen MR) is 139 cm³/mol. The molecule has 1 aliphatic rings. The molecule has 2 heterocycles. The maximum atomic E-state index is 12.8. The van der Waals surface area contributed by atoms with Crippen molar-refractivity contribution in [1.82, 2.24) is 9.55 Å². The van der Waals surface area contributed by atoms with Gasteiger partial charge in [0, 0.05) is 28.8 Å². The van der Waals surface area contributed by atoms with Gasteiger partial charge in [-0.3, -0.25) is 9.78 Å². The summed E-state index contributed by atoms with van der Waals surface area (Å²) in [4.78, 5) is 29.1. The number of fused-ring (bicyclic) bond motifs is 1. The van der Waals surface area contributed by atoms with Crippen molar-refractivity contribution >= 4 is 50.1 Å². The maximum absolute atomic E-state index is 12.8. The number of pyridine rings is 1. The quantitative estimate of drug-likeness (QED) is 0.309. The summed E-state index contributed by atoms with van der Waals surface area (Å²) in [5.41, 5.74) is 8.98. The predicted octanol–water partition coefficient (Wildman–Crippen LogP) is 5.02. The molecule has 0 aliphatic heterocycles. The monoisotopic (exact) mass is 533 g/mol. The summed E-state index contributed by atoms with van der Waals surface area (Å²) in [6, 6.07) is 16.7. The zero-order chi connectivity index (χ0) is 24.6. The van der Waals surface area contributed by atoms with Crippen LogP contribution in [0.1, 0.15) is 24.1 Å². The highest BCUT2D eigenvalue weighted by atomic mass is 79.9. The molecule has 5 rings (SSSR count). The van der Waals surface area contributed by atoms with Gasteiger partial charge < -0.3 is 25.7 Å². The maximum Gasteiger partial charge on any atom is 0.323 e. The number of halogens is 1. The minimum Gasteiger partial charge on any atom is -0.495 e. The second kappa shape index (κ2) is 9.07. The molecule has 4 N–H and O–H groups in total. The fourth-order valence-corrected chi connectivity index (χ4v) is 4.67. The molecule has 0 spiro atoms. The van der Waals surface area contributed by atoms with Gasteiger partial charge in [-0.15, -0.1) is 0 Å². The molecule has 9 heteroatoms. The molecule has 35 heavy (non-hydrogen) atoms. The van der Waals surface area contributed by atoms with Crippen molar-refractivity contribution in [2.24, 2.45) is 5.73 Å². The second-order valence-electron chi connectivity index (χ2n) is 8.60. The standard InChI is InChI=1S/C26H24BrN5O3/c1-35-22-6-5-17(27)14-20(22)31-25(34)30-19-3-2-4-21-18(19)8-12-32(21)15-16-7-11-29-23(13-16)26(9-10-26)24(28)33/h2-8,11-14H,9-10,15H2,1H3,(H2,28,33)(H2,30,31,34). The van der Waals surface area contributed by atoms with Crippen LogP contribution in [-0.4, -0.2) is 28.6 Å². The van der Waals surface area contributed by atoms with Crippen LogP contribution in [0.2, 0.25) is 0 Å². The summed E-state index contributed by atoms with van der Waals surface area (Å²) in [5, 5.41) is 6.69. The Labute approximate surface area is 210 Å². The number of ether oxygens (including phenoxy) is 1. The Balaban J connectivity index is 1.36. The smallest absolute Gasteiger partial charge is 0.323 e. The van der Waals surface area contributed by atoms with Crippen molar-refractivity contribution in [3.8, 4) is 5.75 Å². The van der Waals surface area contributed by atoms with Crippen LogP contribution in [0.3, 0.4) is 0 Å². The number of methoxy groups -OCH3 is 1. The third kappa shape index (κ3) is 4.46. The van der Waals surface area contributed by atoms with E-state index in [1.165, 1.54) is 0 Å². The first-order valence-electron chi connectivity index (χ1n) is 11.1. The Bertz CT molecular complexity index is 1440. The van der Waals surface area contributed by atoms with Gasteiger partial charge in [-0.1, -0.05) is 22.0 Å². The van der Waals surface area contributed by atoms with E-state index in [-0.39, 0.29) is 11.9 Å². The fourth-order valence-electron chi connectivity index (χ4n) is 4.31. The minimum absolute atomic E-state index is 0.317. The number of aromatic nitrogens is 2. The van der Waals surface area contributed by atoms with E-state index in [1.54, 1.807) is 25.4 Å². The number of hydrogen-bond acceptors (Lipinski definition) is 4. The largest absolute Gasteiger partial charge is 0.495 e. The molecule has 0 saturated heterocycles. The highest BCUT2D eigenvalue weighted by Gasteiger charge is 2.51. The molecule has 3 amide bonds. The molecule has 178 valence electrons. The van der Waals surface area contributed by atoms with Crippen LogP contribution in [-0.2, 0) is 16.8 Å². The first kappa shape index (κ1) is 22.9. The van der Waals surface area contributed by atoms with Gasteiger partial charge in [0.1, 0.15) is 5.75 Å². The van der Waals surface area contributed by atoms with E-state index >= 15 is 0 Å². The SMILES string of the molecule is COc1ccc(Br)cc1NC(=O)Nc1cccc2c1ccn2Cc1ccnc(C2(C(N)=O)CC2)c1. The van der Waals surface area contributed by atoms with Crippen LogP contribution in [0.5, 0.6) is 5.75 Å². The van der Waals surface area contributed by atoms with Gasteiger partial charge >= 0.3 is 6.03 Å². The summed E-state index contributed by atoms with van der Waals surface area (Å²) in [6.45, 7) is 0.596. The summed E-state index contributed by atoms with van der Waals surface area (Å²) < 4.78 is 8.26. The number of carbonyl (C=O) groups is 2. The summed E-state index contributed by atoms with van der Waals surface area (Å²) in [6.07, 6.45) is 5.20. The number of anilines is 2. The molecule has 0 radical (unpaired) electrons. The highest BCUT2D eigenvalue weighted by Crippen LogP contribution is 2.47. The van der Waals surface area contributed by atoms with Crippen LogP contribution in [0.15, 0.2) is 71.5 Å². The topological polar surface area (TPSA) is 111 Å². The lowest BCUT2D eigenvalue weighted by atomic mass is 9.99. The van der Waals surface area contributed by atoms with E-state index in [0.29, 0.717) is 23.7 Å². The van der Waals surface area contributed by atoms with Crippen LogP contribution in [0.25, 0.3) is 10.9 Å². The molecular weight excluding hydrogens is 510 g/mol. The molecule has 4 aromatic rings. The third-order valence-electron chi connectivity index (χ3n) is 6.36. The molecule has 0 atom stereocenters. The van der Waals surface area contributed by atoms with Crippen LogP contribution < -0.4 is 21.1 Å². The average Bonchev–Trinajstić information content (AvgIpc) is 3.56. The van der Waals surface area contributed by atoms with Gasteiger partial charge in [-0.25, -0.2) is 4.79 Å². The number of nitrogens with two attached hydrogens (primary N) is 1. The van der Waals surface area contributed by atoms with Gasteiger partial charge in [-0.2, -0.15) is 0 Å². The van der Waals surface area contributed by atoms with Crippen molar-refractivity contribution in [2.45, 2.75) is 24.8 Å². The summed E-state index contributed by atoms with van der Waals surface area (Å²) in [5.74, 6) is 0.247. The first-order chi connectivity index (χ1) is 16.9. The van der Waals surface area contributed by atoms with Crippen molar-refractivity contribution in [3.63, 3.8) is 0 Å². The zero-order valence-corrected chi connectivity index (χ0v) is 20.6. The van der Waals surface area contributed by atoms with Crippen molar-refractivity contribution in [2.75, 3.05) is 17.7 Å². The number of nitrogens with zero attached hydrogens (tertiary/aromatic N) is 2. The van der Waals surface area contributed by atoms with Gasteiger partial charge in [-0.05, 0) is 66.9 Å². The Morgan fingerprint density at radius 2 is 1.91 bits per heavy atom. The summed E-state index contributed by atoms with van der Waals surface area (Å²) >= 11 is 3.41. The van der Waals surface area contributed by atoms with Crippen molar-refractivity contribution < 1.29 is 14.3 Å². The molecule has 0 bridgehead atoms. The number of rotatable bonds is 7. The number of nitrogens with one attached hydrogen (secondary N) is 2. The lowest BCUT2D eigenvalue weighted by molar-refractivity contribution is -0.120. The Hall–Kier alpha value is -3.85. The fraction of sp³-hybridized carbons (Fsp3) is 0.192. The van der Waals surface area contributed by atoms with Crippen LogP contribution in [0.4, 0.5) is 16.2 Å². The summed E-state index contributed by atoms with van der Waals surface area (Å²) in [7, 11) is 1.56. The molecule has 2 aromatic carbocycles. The second-order valence-corrected chi connectivity index (χ2v) is 9.52. The van der Waals surface area contributed by atoms with Crippen LogP contribution >= 0.6 is 15.9 Å². The number of primary amides is 1. The van der Waals surface area contributed by atoms with Gasteiger partial charge in [0.05, 0.1) is 35.1 Å². The zero-order valence-electron chi connectivity index (χ0n) is 19.0. The third-order valence-corrected chi connectivity index (χ3v) is 6.85. The number of benzene rings is 2. The van der Waals surface area contributed by atoms with E-state index in [1.807, 2.05) is 48.7 Å². The first-order valence-corrected chi connectivity index (χ1v) is 11.9. The molecule has 0 unspecified atom stereocenters. The lowest BCUT2D eigenvalue weighted by Gasteiger charge is -2.13. The molecule has 1 aliphatic carbocycles. The van der Waals surface area contributed by atoms with Gasteiger partial charge in [0.2, 0.25) is 5.91 Å². The van der Waals surface area contributed by atoms with E-state index in [0.717, 1.165) is 39.5 Å².